The molecule has 0 radical (unpaired) electrons. The Morgan fingerprint density at radius 2 is 2.19 bits per heavy atom. The number of halogens is 3. The lowest BCUT2D eigenvalue weighted by Crippen LogP contribution is -2.65. The number of fused-ring (bicyclic) bond motifs is 1. The van der Waals surface area contributed by atoms with Crippen LogP contribution in [-0.2, 0) is 21.5 Å². The summed E-state index contributed by atoms with van der Waals surface area (Å²) in [5.74, 6) is 0.280. The van der Waals surface area contributed by atoms with E-state index in [0.29, 0.717) is 24.5 Å². The minimum absolute atomic E-state index is 0.00223. The summed E-state index contributed by atoms with van der Waals surface area (Å²) in [6.45, 7) is 3.04. The number of amides is 1. The van der Waals surface area contributed by atoms with Crippen LogP contribution in [0.15, 0.2) is 24.3 Å². The minimum atomic E-state index is -4.35. The molecule has 150 valence electrons. The van der Waals surface area contributed by atoms with E-state index < -0.39 is 11.7 Å². The molecule has 1 aromatic carbocycles. The number of carbonyl (C=O) groups is 1. The van der Waals surface area contributed by atoms with Crippen molar-refractivity contribution >= 4 is 17.7 Å². The highest BCUT2D eigenvalue weighted by atomic mass is 32.2. The predicted molar refractivity (Wildman–Crippen MR) is 98.0 cm³/mol. The van der Waals surface area contributed by atoms with Crippen LogP contribution in [0.2, 0.25) is 0 Å². The number of carbonyl (C=O) groups excluding carboxylic acids is 1. The summed E-state index contributed by atoms with van der Waals surface area (Å²) >= 11 is 1.40. The number of rotatable bonds is 6. The first-order valence-corrected chi connectivity index (χ1v) is 9.97. The quantitative estimate of drug-likeness (QED) is 0.763. The molecule has 9 heteroatoms. The number of nitrogens with zero attached hydrogens (tertiary/aromatic N) is 1. The van der Waals surface area contributed by atoms with Gasteiger partial charge >= 0.3 is 6.18 Å². The number of alkyl halides is 3. The molecule has 0 spiro atoms. The number of benzene rings is 1. The lowest BCUT2D eigenvalue weighted by Gasteiger charge is -2.43. The average molecular weight is 403 g/mol. The van der Waals surface area contributed by atoms with E-state index >= 15 is 0 Å². The Bertz CT molecular complexity index is 659. The van der Waals surface area contributed by atoms with Crippen LogP contribution in [0, 0.1) is 5.92 Å². The summed E-state index contributed by atoms with van der Waals surface area (Å²) in [5, 5.41) is 6.37. The molecule has 1 aromatic rings. The molecule has 3 atom stereocenters. The van der Waals surface area contributed by atoms with Gasteiger partial charge in [0.15, 0.2) is 0 Å². The maximum Gasteiger partial charge on any atom is 0.416 e. The van der Waals surface area contributed by atoms with Gasteiger partial charge in [0.25, 0.3) is 0 Å². The summed E-state index contributed by atoms with van der Waals surface area (Å²) in [6.07, 6.45) is -3.48. The molecule has 0 bridgehead atoms. The van der Waals surface area contributed by atoms with E-state index in [1.165, 1.54) is 17.8 Å². The first-order valence-electron chi connectivity index (χ1n) is 8.92. The summed E-state index contributed by atoms with van der Waals surface area (Å²) < 4.78 is 43.6. The molecule has 3 unspecified atom stereocenters. The molecule has 0 saturated carbocycles. The van der Waals surface area contributed by atoms with Gasteiger partial charge in [-0.3, -0.25) is 10.1 Å². The van der Waals surface area contributed by atoms with Crippen LogP contribution < -0.4 is 10.6 Å². The molecule has 2 aliphatic rings. The fraction of sp³-hybridized carbons (Fsp3) is 0.611. The highest BCUT2D eigenvalue weighted by Crippen LogP contribution is 2.31. The Balaban J connectivity index is 1.53. The second-order valence-corrected chi connectivity index (χ2v) is 7.95. The Morgan fingerprint density at radius 1 is 1.37 bits per heavy atom. The van der Waals surface area contributed by atoms with Crippen molar-refractivity contribution in [1.29, 1.82) is 0 Å². The molecule has 3 rings (SSSR count). The van der Waals surface area contributed by atoms with E-state index in [-0.39, 0.29) is 23.4 Å². The molecule has 2 saturated heterocycles. The number of likely N-dealkylation sites (tertiary alicyclic amines) is 1. The zero-order valence-electron chi connectivity index (χ0n) is 15.1. The first-order chi connectivity index (χ1) is 12.9. The van der Waals surface area contributed by atoms with Crippen LogP contribution in [0.25, 0.3) is 0 Å². The van der Waals surface area contributed by atoms with E-state index in [2.05, 4.69) is 15.5 Å². The molecule has 0 aliphatic carbocycles. The van der Waals surface area contributed by atoms with Crippen molar-refractivity contribution < 1.29 is 22.7 Å². The van der Waals surface area contributed by atoms with E-state index in [1.807, 2.05) is 0 Å². The molecule has 0 aromatic heterocycles. The maximum absolute atomic E-state index is 12.8. The van der Waals surface area contributed by atoms with Gasteiger partial charge in [-0.15, -0.1) is 11.8 Å². The third-order valence-corrected chi connectivity index (χ3v) is 6.04. The predicted octanol–water partition coefficient (Wildman–Crippen LogP) is 2.28. The van der Waals surface area contributed by atoms with Crippen LogP contribution in [-0.4, -0.2) is 55.7 Å². The second-order valence-electron chi connectivity index (χ2n) is 6.86. The van der Waals surface area contributed by atoms with Crippen molar-refractivity contribution in [3.63, 3.8) is 0 Å². The molecule has 2 N–H and O–H groups in total. The smallest absolute Gasteiger partial charge is 0.383 e. The van der Waals surface area contributed by atoms with Crippen LogP contribution in [0.3, 0.4) is 0 Å². The van der Waals surface area contributed by atoms with E-state index in [1.54, 1.807) is 13.2 Å². The van der Waals surface area contributed by atoms with Gasteiger partial charge < -0.3 is 15.0 Å². The van der Waals surface area contributed by atoms with E-state index in [0.717, 1.165) is 31.6 Å². The second kappa shape index (κ2) is 8.81. The van der Waals surface area contributed by atoms with Crippen LogP contribution in [0.1, 0.15) is 17.5 Å². The number of thioether (sulfide) groups is 1. The van der Waals surface area contributed by atoms with Crippen LogP contribution in [0.5, 0.6) is 0 Å². The van der Waals surface area contributed by atoms with Crippen molar-refractivity contribution in [3.8, 4) is 0 Å². The third-order valence-electron chi connectivity index (χ3n) is 4.96. The lowest BCUT2D eigenvalue weighted by atomic mass is 9.90. The van der Waals surface area contributed by atoms with Crippen LogP contribution >= 0.6 is 11.8 Å². The standard InChI is InChI=1S/C18H24F3N3O2S/c1-26-8-7-24-6-5-15-14(10-24)16(25)23-17(22-15)27-11-12-3-2-4-13(9-12)18(19,20)21/h2-4,9,14-15,17,22H,5-8,10-11H2,1H3,(H,23,25). The van der Waals surface area contributed by atoms with Gasteiger partial charge in [-0.1, -0.05) is 18.2 Å². The molecule has 27 heavy (non-hydrogen) atoms. The van der Waals surface area contributed by atoms with E-state index in [9.17, 15) is 18.0 Å². The molecule has 2 heterocycles. The number of ether oxygens (including phenoxy) is 1. The minimum Gasteiger partial charge on any atom is -0.383 e. The first kappa shape index (κ1) is 20.4. The van der Waals surface area contributed by atoms with E-state index in [4.69, 9.17) is 4.74 Å². The summed E-state index contributed by atoms with van der Waals surface area (Å²) in [6, 6.07) is 5.41. The maximum atomic E-state index is 12.8. The Hall–Kier alpha value is -1.29. The molecule has 1 amide bonds. The molecule has 2 fully saturated rings. The van der Waals surface area contributed by atoms with Gasteiger partial charge in [-0.2, -0.15) is 13.2 Å². The zero-order valence-corrected chi connectivity index (χ0v) is 15.9. The summed E-state index contributed by atoms with van der Waals surface area (Å²) in [5.41, 5.74) is -0.356. The number of piperidine rings is 1. The highest BCUT2D eigenvalue weighted by Gasteiger charge is 2.39. The summed E-state index contributed by atoms with van der Waals surface area (Å²) in [4.78, 5) is 14.7. The van der Waals surface area contributed by atoms with Crippen molar-refractivity contribution in [2.24, 2.45) is 5.92 Å². The fourth-order valence-corrected chi connectivity index (χ4v) is 4.50. The van der Waals surface area contributed by atoms with Crippen molar-refractivity contribution in [1.82, 2.24) is 15.5 Å². The summed E-state index contributed by atoms with van der Waals surface area (Å²) in [7, 11) is 1.66. The largest absolute Gasteiger partial charge is 0.416 e. The van der Waals surface area contributed by atoms with Gasteiger partial charge in [0.1, 0.15) is 5.50 Å². The molecular weight excluding hydrogens is 379 g/mol. The zero-order chi connectivity index (χ0) is 19.4. The van der Waals surface area contributed by atoms with Gasteiger partial charge in [0.2, 0.25) is 5.91 Å². The van der Waals surface area contributed by atoms with Crippen LogP contribution in [0.4, 0.5) is 13.2 Å². The molecule has 2 aliphatic heterocycles. The average Bonchev–Trinajstić information content (AvgIpc) is 2.64. The van der Waals surface area contributed by atoms with Crippen molar-refractivity contribution in [2.75, 3.05) is 33.4 Å². The fourth-order valence-electron chi connectivity index (χ4n) is 3.49. The Kier molecular flexibility index (Phi) is 6.67. The molecule has 5 nitrogen and oxygen atoms in total. The van der Waals surface area contributed by atoms with Gasteiger partial charge in [0.05, 0.1) is 18.1 Å². The number of hydrogen-bond donors (Lipinski definition) is 2. The lowest BCUT2D eigenvalue weighted by molar-refractivity contribution is -0.137. The van der Waals surface area contributed by atoms with Gasteiger partial charge in [-0.05, 0) is 24.6 Å². The number of nitrogens with one attached hydrogen (secondary N) is 2. The number of methoxy groups -OCH3 is 1. The highest BCUT2D eigenvalue weighted by molar-refractivity contribution is 7.99. The Labute approximate surface area is 161 Å². The van der Waals surface area contributed by atoms with Gasteiger partial charge in [-0.25, -0.2) is 0 Å². The van der Waals surface area contributed by atoms with Crippen molar-refractivity contribution in [3.05, 3.63) is 35.4 Å². The normalized spacial score (nSPS) is 26.5. The van der Waals surface area contributed by atoms with Gasteiger partial charge in [0, 0.05) is 32.0 Å². The monoisotopic (exact) mass is 403 g/mol. The number of hydrogen-bond acceptors (Lipinski definition) is 5. The SMILES string of the molecule is COCCN1CCC2NC(SCc3cccc(C(F)(F)F)c3)NC(=O)C2C1. The third kappa shape index (κ3) is 5.37. The van der Waals surface area contributed by atoms with Crippen molar-refractivity contribution in [2.45, 2.75) is 29.9 Å². The topological polar surface area (TPSA) is 53.6 Å². The Morgan fingerprint density at radius 3 is 2.93 bits per heavy atom. The molecular formula is C18H24F3N3O2S.